The summed E-state index contributed by atoms with van der Waals surface area (Å²) in [5.41, 5.74) is 1.04. The van der Waals surface area contributed by atoms with Crippen molar-refractivity contribution in [2.45, 2.75) is 23.1 Å². The highest BCUT2D eigenvalue weighted by Crippen LogP contribution is 2.35. The van der Waals surface area contributed by atoms with Crippen molar-refractivity contribution in [3.63, 3.8) is 0 Å². The van der Waals surface area contributed by atoms with Crippen LogP contribution in [0, 0.1) is 0 Å². The van der Waals surface area contributed by atoms with E-state index in [9.17, 15) is 0 Å². The van der Waals surface area contributed by atoms with Crippen LogP contribution in [-0.4, -0.2) is 4.84 Å². The van der Waals surface area contributed by atoms with E-state index in [4.69, 9.17) is 34.8 Å². The molecule has 13 heavy (non-hydrogen) atoms. The zero-order valence-corrected chi connectivity index (χ0v) is 9.57. The highest BCUT2D eigenvalue weighted by Gasteiger charge is 2.25. The van der Waals surface area contributed by atoms with Crippen LogP contribution in [0.1, 0.15) is 18.9 Å². The Hall–Kier alpha value is 0.0900. The molecule has 0 heterocycles. The Labute approximate surface area is 93.8 Å². The Balaban J connectivity index is 2.81. The molecule has 1 aromatic carbocycles. The second kappa shape index (κ2) is 4.54. The predicted octanol–water partition coefficient (Wildman–Crippen LogP) is 4.33. The number of hydrogen-bond acceptors (Lipinski definition) is 0. The molecule has 72 valence electrons. The first kappa shape index (κ1) is 11.2. The number of halogens is 3. The Bertz CT molecular complexity index is 254. The van der Waals surface area contributed by atoms with E-state index in [0.717, 1.165) is 5.56 Å². The summed E-state index contributed by atoms with van der Waals surface area (Å²) in [6, 6.07) is 9.81. The number of hydrogen-bond donors (Lipinski definition) is 0. The monoisotopic (exact) mass is 236 g/mol. The van der Waals surface area contributed by atoms with Crippen molar-refractivity contribution in [2.24, 2.45) is 0 Å². The summed E-state index contributed by atoms with van der Waals surface area (Å²) in [5.74, 6) is 0. The molecule has 0 saturated carbocycles. The van der Waals surface area contributed by atoms with E-state index in [-0.39, 0.29) is 0 Å². The summed E-state index contributed by atoms with van der Waals surface area (Å²) >= 11 is 17.7. The van der Waals surface area contributed by atoms with Gasteiger partial charge in [0.2, 0.25) is 0 Å². The third-order valence-corrected chi connectivity index (χ3v) is 2.59. The summed E-state index contributed by atoms with van der Waals surface area (Å²) in [7, 11) is 0. The largest absolute Gasteiger partial charge is 0.114 e. The van der Waals surface area contributed by atoms with E-state index in [1.165, 1.54) is 0 Å². The van der Waals surface area contributed by atoms with Gasteiger partial charge < -0.3 is 0 Å². The second-order valence-corrected chi connectivity index (χ2v) is 5.27. The number of alkyl halides is 3. The van der Waals surface area contributed by atoms with Crippen LogP contribution in [0.25, 0.3) is 0 Å². The van der Waals surface area contributed by atoms with Gasteiger partial charge in [-0.2, -0.15) is 0 Å². The SMILES string of the molecule is C[C@@](Cl)(CC(Cl)Cl)c1ccccc1. The van der Waals surface area contributed by atoms with E-state index >= 15 is 0 Å². The van der Waals surface area contributed by atoms with Gasteiger partial charge in [0, 0.05) is 6.42 Å². The number of benzene rings is 1. The van der Waals surface area contributed by atoms with Gasteiger partial charge in [-0.3, -0.25) is 0 Å². The predicted molar refractivity (Wildman–Crippen MR) is 59.8 cm³/mol. The van der Waals surface area contributed by atoms with Crippen molar-refractivity contribution in [1.29, 1.82) is 0 Å². The van der Waals surface area contributed by atoms with Crippen LogP contribution in [0.2, 0.25) is 0 Å². The lowest BCUT2D eigenvalue weighted by molar-refractivity contribution is 0.638. The molecule has 0 unspecified atom stereocenters. The summed E-state index contributed by atoms with van der Waals surface area (Å²) in [4.78, 5) is -0.905. The van der Waals surface area contributed by atoms with E-state index in [0.29, 0.717) is 6.42 Å². The first-order chi connectivity index (χ1) is 6.02. The first-order valence-corrected chi connectivity index (χ1v) is 5.30. The topological polar surface area (TPSA) is 0 Å². The van der Waals surface area contributed by atoms with Crippen molar-refractivity contribution in [1.82, 2.24) is 0 Å². The maximum atomic E-state index is 6.29. The van der Waals surface area contributed by atoms with Crippen molar-refractivity contribution in [2.75, 3.05) is 0 Å². The van der Waals surface area contributed by atoms with Crippen molar-refractivity contribution >= 4 is 34.8 Å². The fourth-order valence-electron chi connectivity index (χ4n) is 1.19. The van der Waals surface area contributed by atoms with Crippen molar-refractivity contribution < 1.29 is 0 Å². The smallest absolute Gasteiger partial charge is 0.109 e. The van der Waals surface area contributed by atoms with E-state index in [2.05, 4.69) is 0 Å². The van der Waals surface area contributed by atoms with Gasteiger partial charge in [0.25, 0.3) is 0 Å². The Kier molecular flexibility index (Phi) is 3.90. The molecular weight excluding hydrogens is 226 g/mol. The Morgan fingerprint density at radius 2 is 1.77 bits per heavy atom. The standard InChI is InChI=1S/C10H11Cl3/c1-10(13,7-9(11)12)8-5-3-2-4-6-8/h2-6,9H,7H2,1H3/t10-/m1/s1. The Morgan fingerprint density at radius 3 is 2.23 bits per heavy atom. The zero-order chi connectivity index (χ0) is 9.90. The molecule has 0 radical (unpaired) electrons. The van der Waals surface area contributed by atoms with Crippen LogP contribution in [0.3, 0.4) is 0 Å². The average Bonchev–Trinajstić information content (AvgIpc) is 2.04. The van der Waals surface area contributed by atoms with E-state index < -0.39 is 9.71 Å². The molecule has 0 nitrogen and oxygen atoms in total. The normalized spacial score (nSPS) is 15.8. The molecule has 0 N–H and O–H groups in total. The lowest BCUT2D eigenvalue weighted by Crippen LogP contribution is -2.16. The van der Waals surface area contributed by atoms with Crippen molar-refractivity contribution in [3.05, 3.63) is 35.9 Å². The minimum Gasteiger partial charge on any atom is -0.114 e. The molecule has 0 aliphatic heterocycles. The van der Waals surface area contributed by atoms with Crippen LogP contribution in [0.4, 0.5) is 0 Å². The van der Waals surface area contributed by atoms with Crippen molar-refractivity contribution in [3.8, 4) is 0 Å². The highest BCUT2D eigenvalue weighted by molar-refractivity contribution is 6.44. The molecule has 0 aliphatic rings. The maximum absolute atomic E-state index is 6.29. The zero-order valence-electron chi connectivity index (χ0n) is 7.31. The van der Waals surface area contributed by atoms with Gasteiger partial charge >= 0.3 is 0 Å². The molecular formula is C10H11Cl3. The van der Waals surface area contributed by atoms with E-state index in [1.807, 2.05) is 37.3 Å². The molecule has 0 saturated heterocycles. The van der Waals surface area contributed by atoms with Gasteiger partial charge in [0.05, 0.1) is 4.87 Å². The fourth-order valence-corrected chi connectivity index (χ4v) is 2.25. The third-order valence-electron chi connectivity index (χ3n) is 1.91. The van der Waals surface area contributed by atoms with Crippen LogP contribution in [0.5, 0.6) is 0 Å². The second-order valence-electron chi connectivity index (χ2n) is 3.16. The minimum absolute atomic E-state index is 0.428. The molecule has 0 aromatic heterocycles. The van der Waals surface area contributed by atoms with Gasteiger partial charge in [-0.15, -0.1) is 34.8 Å². The molecule has 0 bridgehead atoms. The Morgan fingerprint density at radius 1 is 1.23 bits per heavy atom. The molecule has 0 aliphatic carbocycles. The fraction of sp³-hybridized carbons (Fsp3) is 0.400. The van der Waals surface area contributed by atoms with Gasteiger partial charge in [0.1, 0.15) is 4.84 Å². The lowest BCUT2D eigenvalue weighted by Gasteiger charge is -2.22. The van der Waals surface area contributed by atoms with Gasteiger partial charge in [0.15, 0.2) is 0 Å². The van der Waals surface area contributed by atoms with Gasteiger partial charge in [-0.1, -0.05) is 30.3 Å². The van der Waals surface area contributed by atoms with Gasteiger partial charge in [-0.25, -0.2) is 0 Å². The van der Waals surface area contributed by atoms with Crippen LogP contribution < -0.4 is 0 Å². The van der Waals surface area contributed by atoms with Crippen LogP contribution >= 0.6 is 34.8 Å². The molecule has 1 atom stereocenters. The molecule has 1 rings (SSSR count). The summed E-state index contributed by atoms with van der Waals surface area (Å²) in [5, 5.41) is 0. The summed E-state index contributed by atoms with van der Waals surface area (Å²) in [6.45, 7) is 1.92. The molecule has 1 aromatic rings. The molecule has 0 fully saturated rings. The highest BCUT2D eigenvalue weighted by atomic mass is 35.5. The quantitative estimate of drug-likeness (QED) is 0.686. The third kappa shape index (κ3) is 3.38. The summed E-state index contributed by atoms with van der Waals surface area (Å²) < 4.78 is 0. The minimum atomic E-state index is -0.477. The van der Waals surface area contributed by atoms with Gasteiger partial charge in [-0.05, 0) is 12.5 Å². The first-order valence-electron chi connectivity index (χ1n) is 4.05. The molecule has 0 spiro atoms. The van der Waals surface area contributed by atoms with E-state index in [1.54, 1.807) is 0 Å². The summed E-state index contributed by atoms with van der Waals surface area (Å²) in [6.07, 6.45) is 0.543. The molecule has 3 heteroatoms. The number of rotatable bonds is 3. The van der Waals surface area contributed by atoms with Crippen LogP contribution in [-0.2, 0) is 4.87 Å². The molecule has 0 amide bonds. The maximum Gasteiger partial charge on any atom is 0.109 e. The van der Waals surface area contributed by atoms with Crippen LogP contribution in [0.15, 0.2) is 30.3 Å². The average molecular weight is 238 g/mol. The lowest BCUT2D eigenvalue weighted by atomic mass is 9.98.